The number of rotatable bonds is 6. The number of carbonyl (C=O) groups is 1. The van der Waals surface area contributed by atoms with Crippen molar-refractivity contribution in [3.05, 3.63) is 82.1 Å². The first-order valence-corrected chi connectivity index (χ1v) is 9.08. The molecule has 27 heavy (non-hydrogen) atoms. The van der Waals surface area contributed by atoms with Crippen LogP contribution in [0.15, 0.2) is 54.7 Å². The molecule has 0 aliphatic heterocycles. The first-order chi connectivity index (χ1) is 12.9. The Labute approximate surface area is 163 Å². The van der Waals surface area contributed by atoms with Gasteiger partial charge in [-0.3, -0.25) is 9.48 Å². The van der Waals surface area contributed by atoms with Crippen LogP contribution in [0.25, 0.3) is 0 Å². The lowest BCUT2D eigenvalue weighted by atomic mass is 10.1. The van der Waals surface area contributed by atoms with E-state index in [1.165, 1.54) is 0 Å². The van der Waals surface area contributed by atoms with E-state index in [9.17, 15) is 4.79 Å². The van der Waals surface area contributed by atoms with Crippen LogP contribution in [0, 0.1) is 6.92 Å². The number of ether oxygens (including phenoxy) is 1. The van der Waals surface area contributed by atoms with E-state index >= 15 is 0 Å². The quantitative estimate of drug-likeness (QED) is 0.684. The van der Waals surface area contributed by atoms with Gasteiger partial charge in [-0.25, -0.2) is 0 Å². The topological polar surface area (TPSA) is 56.2 Å². The molecule has 3 aromatic rings. The van der Waals surface area contributed by atoms with Crippen molar-refractivity contribution in [3.8, 4) is 5.75 Å². The van der Waals surface area contributed by atoms with Gasteiger partial charge >= 0.3 is 0 Å². The average molecular weight is 384 g/mol. The van der Waals surface area contributed by atoms with E-state index in [2.05, 4.69) is 10.4 Å². The minimum absolute atomic E-state index is 0.112. The maximum absolute atomic E-state index is 12.5. The predicted octanol–water partition coefficient (Wildman–Crippen LogP) is 4.45. The number of aryl methyl sites for hydroxylation is 2. The molecule has 140 valence electrons. The van der Waals surface area contributed by atoms with E-state index in [0.717, 1.165) is 22.6 Å². The second kappa shape index (κ2) is 8.27. The zero-order valence-corrected chi connectivity index (χ0v) is 16.3. The molecule has 1 amide bonds. The average Bonchev–Trinajstić information content (AvgIpc) is 3.00. The number of aromatic nitrogens is 2. The number of hydrogen-bond acceptors (Lipinski definition) is 3. The molecule has 0 aliphatic rings. The number of hydrogen-bond donors (Lipinski definition) is 1. The summed E-state index contributed by atoms with van der Waals surface area (Å²) >= 11 is 5.86. The fourth-order valence-electron chi connectivity index (χ4n) is 2.85. The second-order valence-corrected chi connectivity index (χ2v) is 6.91. The third-order valence-electron chi connectivity index (χ3n) is 4.30. The molecule has 0 bridgehead atoms. The van der Waals surface area contributed by atoms with E-state index in [-0.39, 0.29) is 11.9 Å². The fraction of sp³-hybridized carbons (Fsp3) is 0.238. The standard InChI is InChI=1S/C21H22ClN3O2/c1-14(20-12-25(3)24-15(20)2)23-21(26)17-6-4-16(5-7-17)13-27-19-10-8-18(22)9-11-19/h4-12,14H,13H2,1-3H3,(H,23,26). The predicted molar refractivity (Wildman–Crippen MR) is 106 cm³/mol. The van der Waals surface area contributed by atoms with Crippen LogP contribution in [0.5, 0.6) is 5.75 Å². The first-order valence-electron chi connectivity index (χ1n) is 8.70. The highest BCUT2D eigenvalue weighted by atomic mass is 35.5. The molecule has 5 nitrogen and oxygen atoms in total. The summed E-state index contributed by atoms with van der Waals surface area (Å²) in [5.74, 6) is 0.637. The number of nitrogens with zero attached hydrogens (tertiary/aromatic N) is 2. The summed E-state index contributed by atoms with van der Waals surface area (Å²) in [5.41, 5.74) is 3.52. The zero-order valence-electron chi connectivity index (χ0n) is 15.6. The van der Waals surface area contributed by atoms with Crippen molar-refractivity contribution < 1.29 is 9.53 Å². The van der Waals surface area contributed by atoms with Crippen LogP contribution in [-0.2, 0) is 13.7 Å². The van der Waals surface area contributed by atoms with Gasteiger partial charge in [-0.1, -0.05) is 23.7 Å². The molecule has 1 N–H and O–H groups in total. The van der Waals surface area contributed by atoms with Crippen LogP contribution in [0.1, 0.15) is 40.1 Å². The van der Waals surface area contributed by atoms with E-state index in [4.69, 9.17) is 16.3 Å². The van der Waals surface area contributed by atoms with Gasteiger partial charge < -0.3 is 10.1 Å². The van der Waals surface area contributed by atoms with Gasteiger partial charge in [0, 0.05) is 29.4 Å². The van der Waals surface area contributed by atoms with Crippen molar-refractivity contribution >= 4 is 17.5 Å². The molecule has 1 unspecified atom stereocenters. The number of carbonyl (C=O) groups excluding carboxylic acids is 1. The Morgan fingerprint density at radius 2 is 1.85 bits per heavy atom. The Kier molecular flexibility index (Phi) is 5.81. The molecule has 0 saturated heterocycles. The highest BCUT2D eigenvalue weighted by Gasteiger charge is 2.15. The van der Waals surface area contributed by atoms with Crippen LogP contribution in [0.4, 0.5) is 0 Å². The maximum Gasteiger partial charge on any atom is 0.251 e. The van der Waals surface area contributed by atoms with Crippen molar-refractivity contribution in [2.75, 3.05) is 0 Å². The summed E-state index contributed by atoms with van der Waals surface area (Å²) < 4.78 is 7.47. The molecule has 3 rings (SSSR count). The number of benzene rings is 2. The summed E-state index contributed by atoms with van der Waals surface area (Å²) in [7, 11) is 1.87. The Hall–Kier alpha value is -2.79. The Bertz CT molecular complexity index is 918. The zero-order chi connectivity index (χ0) is 19.4. The van der Waals surface area contributed by atoms with Crippen LogP contribution in [0.2, 0.25) is 5.02 Å². The summed E-state index contributed by atoms with van der Waals surface area (Å²) in [4.78, 5) is 12.5. The number of halogens is 1. The van der Waals surface area contributed by atoms with Crippen molar-refractivity contribution in [3.63, 3.8) is 0 Å². The van der Waals surface area contributed by atoms with Crippen LogP contribution < -0.4 is 10.1 Å². The van der Waals surface area contributed by atoms with Gasteiger partial charge in [-0.05, 0) is 55.8 Å². The lowest BCUT2D eigenvalue weighted by molar-refractivity contribution is 0.0939. The monoisotopic (exact) mass is 383 g/mol. The van der Waals surface area contributed by atoms with E-state index in [1.807, 2.05) is 51.4 Å². The van der Waals surface area contributed by atoms with Crippen molar-refractivity contribution in [1.29, 1.82) is 0 Å². The van der Waals surface area contributed by atoms with Crippen LogP contribution in [0.3, 0.4) is 0 Å². The molecule has 2 aromatic carbocycles. The summed E-state index contributed by atoms with van der Waals surface area (Å²) in [6.07, 6.45) is 1.93. The van der Waals surface area contributed by atoms with Gasteiger partial charge in [0.1, 0.15) is 12.4 Å². The third-order valence-corrected chi connectivity index (χ3v) is 4.55. The largest absolute Gasteiger partial charge is 0.489 e. The minimum Gasteiger partial charge on any atom is -0.489 e. The SMILES string of the molecule is Cc1nn(C)cc1C(C)NC(=O)c1ccc(COc2ccc(Cl)cc2)cc1. The number of nitrogens with one attached hydrogen (secondary N) is 1. The van der Waals surface area contributed by atoms with Gasteiger partial charge in [-0.15, -0.1) is 0 Å². The Morgan fingerprint density at radius 1 is 1.19 bits per heavy atom. The molecule has 1 heterocycles. The molecule has 1 aromatic heterocycles. The van der Waals surface area contributed by atoms with Gasteiger partial charge in [0.2, 0.25) is 0 Å². The van der Waals surface area contributed by atoms with Crippen molar-refractivity contribution in [2.24, 2.45) is 7.05 Å². The molecule has 1 atom stereocenters. The second-order valence-electron chi connectivity index (χ2n) is 6.48. The highest BCUT2D eigenvalue weighted by molar-refractivity contribution is 6.30. The first kappa shape index (κ1) is 19.0. The highest BCUT2D eigenvalue weighted by Crippen LogP contribution is 2.18. The lowest BCUT2D eigenvalue weighted by Gasteiger charge is -2.13. The molecule has 0 saturated carbocycles. The van der Waals surface area contributed by atoms with E-state index in [1.54, 1.807) is 28.9 Å². The van der Waals surface area contributed by atoms with E-state index in [0.29, 0.717) is 17.2 Å². The smallest absolute Gasteiger partial charge is 0.251 e. The van der Waals surface area contributed by atoms with Crippen LogP contribution in [-0.4, -0.2) is 15.7 Å². The maximum atomic E-state index is 12.5. The molecule has 0 spiro atoms. The molecule has 6 heteroatoms. The molecular formula is C21H22ClN3O2. The van der Waals surface area contributed by atoms with E-state index < -0.39 is 0 Å². The van der Waals surface area contributed by atoms with Crippen molar-refractivity contribution in [1.82, 2.24) is 15.1 Å². The molecule has 0 aliphatic carbocycles. The number of amides is 1. The molecule has 0 radical (unpaired) electrons. The Morgan fingerprint density at radius 3 is 2.44 bits per heavy atom. The van der Waals surface area contributed by atoms with Gasteiger partial charge in [-0.2, -0.15) is 5.10 Å². The fourth-order valence-corrected chi connectivity index (χ4v) is 2.98. The lowest BCUT2D eigenvalue weighted by Crippen LogP contribution is -2.26. The third kappa shape index (κ3) is 4.89. The Balaban J connectivity index is 1.58. The summed E-state index contributed by atoms with van der Waals surface area (Å²) in [5, 5.41) is 8.01. The van der Waals surface area contributed by atoms with Gasteiger partial charge in [0.05, 0.1) is 11.7 Å². The molecule has 0 fully saturated rings. The summed E-state index contributed by atoms with van der Waals surface area (Å²) in [6.45, 7) is 4.32. The van der Waals surface area contributed by atoms with Crippen molar-refractivity contribution in [2.45, 2.75) is 26.5 Å². The van der Waals surface area contributed by atoms with Gasteiger partial charge in [0.25, 0.3) is 5.91 Å². The minimum atomic E-state index is -0.115. The molecular weight excluding hydrogens is 362 g/mol. The van der Waals surface area contributed by atoms with Crippen LogP contribution >= 0.6 is 11.6 Å². The normalized spacial score (nSPS) is 11.9. The van der Waals surface area contributed by atoms with Gasteiger partial charge in [0.15, 0.2) is 0 Å². The summed E-state index contributed by atoms with van der Waals surface area (Å²) in [6, 6.07) is 14.5.